The summed E-state index contributed by atoms with van der Waals surface area (Å²) in [6.45, 7) is 2.04. The smallest absolute Gasteiger partial charge is 0.173 e. The van der Waals surface area contributed by atoms with Crippen LogP contribution in [-0.2, 0) is 0 Å². The molecule has 0 aliphatic carbocycles. The fourth-order valence-corrected chi connectivity index (χ4v) is 2.88. The monoisotopic (exact) mass is 302 g/mol. The number of hydrogen-bond donors (Lipinski definition) is 0. The van der Waals surface area contributed by atoms with Crippen molar-refractivity contribution in [1.29, 1.82) is 0 Å². The van der Waals surface area contributed by atoms with Gasteiger partial charge in [-0.15, -0.1) is 11.8 Å². The molecule has 2 aromatic carbocycles. The minimum Gasteiger partial charge on any atom is -0.493 e. The van der Waals surface area contributed by atoms with E-state index in [9.17, 15) is 4.79 Å². The van der Waals surface area contributed by atoms with E-state index in [1.54, 1.807) is 44.2 Å². The first-order valence-electron chi connectivity index (χ1n) is 6.59. The third-order valence-corrected chi connectivity index (χ3v) is 4.33. The number of carbonyl (C=O) groups excluding carboxylic acids is 1. The molecule has 0 fully saturated rings. The average molecular weight is 302 g/mol. The first kappa shape index (κ1) is 15.4. The van der Waals surface area contributed by atoms with Crippen molar-refractivity contribution in [3.05, 3.63) is 53.6 Å². The number of thioether (sulfide) groups is 1. The molecule has 4 heteroatoms. The topological polar surface area (TPSA) is 35.5 Å². The average Bonchev–Trinajstić information content (AvgIpc) is 2.53. The number of rotatable bonds is 6. The van der Waals surface area contributed by atoms with Crippen molar-refractivity contribution in [3.8, 4) is 11.5 Å². The third kappa shape index (κ3) is 3.79. The first-order chi connectivity index (χ1) is 10.2. The molecule has 3 nitrogen and oxygen atoms in total. The van der Waals surface area contributed by atoms with Crippen molar-refractivity contribution in [1.82, 2.24) is 0 Å². The van der Waals surface area contributed by atoms with Crippen molar-refractivity contribution in [2.75, 3.05) is 20.0 Å². The molecule has 0 saturated heterocycles. The van der Waals surface area contributed by atoms with Crippen LogP contribution in [0.1, 0.15) is 15.9 Å². The van der Waals surface area contributed by atoms with Gasteiger partial charge in [0.1, 0.15) is 0 Å². The van der Waals surface area contributed by atoms with Crippen LogP contribution in [0.15, 0.2) is 47.4 Å². The highest BCUT2D eigenvalue weighted by atomic mass is 32.2. The summed E-state index contributed by atoms with van der Waals surface area (Å²) in [5.41, 5.74) is 1.82. The van der Waals surface area contributed by atoms with E-state index >= 15 is 0 Å². The van der Waals surface area contributed by atoms with Crippen molar-refractivity contribution in [2.45, 2.75) is 11.8 Å². The number of ketones is 1. The van der Waals surface area contributed by atoms with E-state index in [1.165, 1.54) is 5.56 Å². The molecular weight excluding hydrogens is 284 g/mol. The predicted molar refractivity (Wildman–Crippen MR) is 85.8 cm³/mol. The molecule has 0 spiro atoms. The summed E-state index contributed by atoms with van der Waals surface area (Å²) >= 11 is 1.55. The summed E-state index contributed by atoms with van der Waals surface area (Å²) in [4.78, 5) is 13.4. The minimum atomic E-state index is 0.0733. The molecule has 21 heavy (non-hydrogen) atoms. The van der Waals surface area contributed by atoms with Gasteiger partial charge < -0.3 is 9.47 Å². The summed E-state index contributed by atoms with van der Waals surface area (Å²) in [5.74, 6) is 1.68. The predicted octanol–water partition coefficient (Wildman–Crippen LogP) is 3.99. The van der Waals surface area contributed by atoms with E-state index in [4.69, 9.17) is 9.47 Å². The molecule has 0 amide bonds. The Kier molecular flexibility index (Phi) is 5.28. The number of benzene rings is 2. The second-order valence-electron chi connectivity index (χ2n) is 4.55. The maximum absolute atomic E-state index is 12.3. The zero-order valence-corrected chi connectivity index (χ0v) is 13.2. The van der Waals surface area contributed by atoms with Gasteiger partial charge in [-0.05, 0) is 36.8 Å². The van der Waals surface area contributed by atoms with Crippen molar-refractivity contribution in [3.63, 3.8) is 0 Å². The first-order valence-corrected chi connectivity index (χ1v) is 7.58. The number of Topliss-reactive ketones (excluding diaryl/α,β-unsaturated/α-hetero) is 1. The van der Waals surface area contributed by atoms with Gasteiger partial charge in [-0.2, -0.15) is 0 Å². The number of ether oxygens (including phenoxy) is 2. The highest BCUT2D eigenvalue weighted by Gasteiger charge is 2.11. The molecule has 0 aromatic heterocycles. The molecule has 0 unspecified atom stereocenters. The number of carbonyl (C=O) groups is 1. The van der Waals surface area contributed by atoms with Crippen LogP contribution in [0.5, 0.6) is 11.5 Å². The van der Waals surface area contributed by atoms with Crippen molar-refractivity contribution in [2.24, 2.45) is 0 Å². The Hall–Kier alpha value is -1.94. The van der Waals surface area contributed by atoms with Gasteiger partial charge in [-0.3, -0.25) is 4.79 Å². The molecule has 110 valence electrons. The highest BCUT2D eigenvalue weighted by Crippen LogP contribution is 2.29. The molecular formula is C17H18O3S. The standard InChI is InChI=1S/C17H18O3S/c1-12-6-4-5-7-17(12)21-11-14(18)13-8-9-15(19-2)16(10-13)20-3/h4-10H,11H2,1-3H3. The Morgan fingerprint density at radius 2 is 1.76 bits per heavy atom. The SMILES string of the molecule is COc1ccc(C(=O)CSc2ccccc2C)cc1OC. The molecule has 2 rings (SSSR count). The molecule has 0 aliphatic rings. The Morgan fingerprint density at radius 1 is 1.05 bits per heavy atom. The number of aryl methyl sites for hydroxylation is 1. The highest BCUT2D eigenvalue weighted by molar-refractivity contribution is 8.00. The second-order valence-corrected chi connectivity index (χ2v) is 5.56. The maximum atomic E-state index is 12.3. The van der Waals surface area contributed by atoms with E-state index in [-0.39, 0.29) is 5.78 Å². The lowest BCUT2D eigenvalue weighted by Crippen LogP contribution is -2.03. The fourth-order valence-electron chi connectivity index (χ4n) is 1.95. The molecule has 2 aromatic rings. The van der Waals surface area contributed by atoms with Crippen LogP contribution in [0, 0.1) is 6.92 Å². The van der Waals surface area contributed by atoms with E-state index in [1.807, 2.05) is 31.2 Å². The van der Waals surface area contributed by atoms with Gasteiger partial charge in [-0.25, -0.2) is 0 Å². The second kappa shape index (κ2) is 7.18. The Balaban J connectivity index is 2.09. The normalized spacial score (nSPS) is 10.2. The van der Waals surface area contributed by atoms with Crippen molar-refractivity contribution >= 4 is 17.5 Å². The van der Waals surface area contributed by atoms with Crippen LogP contribution in [0.3, 0.4) is 0 Å². The van der Waals surface area contributed by atoms with Gasteiger partial charge in [0.15, 0.2) is 17.3 Å². The van der Waals surface area contributed by atoms with Crippen LogP contribution in [0.4, 0.5) is 0 Å². The fraction of sp³-hybridized carbons (Fsp3) is 0.235. The van der Waals surface area contributed by atoms with Crippen LogP contribution in [0.25, 0.3) is 0 Å². The van der Waals surface area contributed by atoms with Crippen LogP contribution >= 0.6 is 11.8 Å². The van der Waals surface area contributed by atoms with Gasteiger partial charge in [0, 0.05) is 10.5 Å². The van der Waals surface area contributed by atoms with E-state index in [0.29, 0.717) is 22.8 Å². The molecule has 0 heterocycles. The van der Waals surface area contributed by atoms with Gasteiger partial charge >= 0.3 is 0 Å². The third-order valence-electron chi connectivity index (χ3n) is 3.16. The largest absolute Gasteiger partial charge is 0.493 e. The zero-order chi connectivity index (χ0) is 15.2. The van der Waals surface area contributed by atoms with Crippen LogP contribution < -0.4 is 9.47 Å². The van der Waals surface area contributed by atoms with Gasteiger partial charge in [0.25, 0.3) is 0 Å². The molecule has 0 atom stereocenters. The summed E-state index contributed by atoms with van der Waals surface area (Å²) in [7, 11) is 3.14. The van der Waals surface area contributed by atoms with Gasteiger partial charge in [-0.1, -0.05) is 18.2 Å². The van der Waals surface area contributed by atoms with Crippen LogP contribution in [-0.4, -0.2) is 25.8 Å². The lowest BCUT2D eigenvalue weighted by atomic mass is 10.1. The van der Waals surface area contributed by atoms with E-state index in [0.717, 1.165) is 4.90 Å². The van der Waals surface area contributed by atoms with Gasteiger partial charge in [0.05, 0.1) is 20.0 Å². The lowest BCUT2D eigenvalue weighted by molar-refractivity contribution is 0.102. The molecule has 0 radical (unpaired) electrons. The Labute approximate surface area is 129 Å². The minimum absolute atomic E-state index is 0.0733. The molecule has 0 aliphatic heterocycles. The zero-order valence-electron chi connectivity index (χ0n) is 12.4. The lowest BCUT2D eigenvalue weighted by Gasteiger charge is -2.09. The summed E-state index contributed by atoms with van der Waals surface area (Å²) in [6, 6.07) is 13.3. The van der Waals surface area contributed by atoms with Gasteiger partial charge in [0.2, 0.25) is 0 Å². The quantitative estimate of drug-likeness (QED) is 0.597. The molecule has 0 N–H and O–H groups in total. The van der Waals surface area contributed by atoms with Crippen LogP contribution in [0.2, 0.25) is 0 Å². The van der Waals surface area contributed by atoms with Crippen molar-refractivity contribution < 1.29 is 14.3 Å². The van der Waals surface area contributed by atoms with E-state index < -0.39 is 0 Å². The molecule has 0 bridgehead atoms. The van der Waals surface area contributed by atoms with E-state index in [2.05, 4.69) is 0 Å². The Bertz CT molecular complexity index is 638. The maximum Gasteiger partial charge on any atom is 0.173 e. The summed E-state index contributed by atoms with van der Waals surface area (Å²) in [6.07, 6.45) is 0. The summed E-state index contributed by atoms with van der Waals surface area (Å²) < 4.78 is 10.4. The number of hydrogen-bond acceptors (Lipinski definition) is 4. The Morgan fingerprint density at radius 3 is 2.43 bits per heavy atom. The molecule has 0 saturated carbocycles. The number of methoxy groups -OCH3 is 2. The summed E-state index contributed by atoms with van der Waals surface area (Å²) in [5, 5.41) is 0.